The third kappa shape index (κ3) is 2.55. The van der Waals surface area contributed by atoms with Crippen LogP contribution in [0.3, 0.4) is 0 Å². The van der Waals surface area contributed by atoms with Crippen LogP contribution in [0.5, 0.6) is 0 Å². The number of carboxylic acids is 1. The Kier molecular flexibility index (Phi) is 3.12. The minimum Gasteiger partial charge on any atom is -0.481 e. The van der Waals surface area contributed by atoms with E-state index in [1.165, 1.54) is 7.11 Å². The van der Waals surface area contributed by atoms with E-state index in [0.29, 0.717) is 17.4 Å². The van der Waals surface area contributed by atoms with Crippen molar-refractivity contribution in [2.75, 3.05) is 7.11 Å². The number of ether oxygens (including phenoxy) is 1. The summed E-state index contributed by atoms with van der Waals surface area (Å²) in [6.45, 7) is 0.329. The van der Waals surface area contributed by atoms with Crippen LogP contribution >= 0.6 is 11.5 Å². The van der Waals surface area contributed by atoms with Crippen molar-refractivity contribution in [3.63, 3.8) is 0 Å². The molecule has 1 heterocycles. The summed E-state index contributed by atoms with van der Waals surface area (Å²) in [7, 11) is 1.54. The second-order valence-corrected chi connectivity index (χ2v) is 2.94. The Hall–Kier alpha value is -1.01. The first-order valence-corrected chi connectivity index (χ1v) is 4.02. The summed E-state index contributed by atoms with van der Waals surface area (Å²) in [6, 6.07) is 0. The highest BCUT2D eigenvalue weighted by molar-refractivity contribution is 7.05. The van der Waals surface area contributed by atoms with E-state index in [2.05, 4.69) is 9.36 Å². The fourth-order valence-corrected chi connectivity index (χ4v) is 1.32. The van der Waals surface area contributed by atoms with E-state index < -0.39 is 5.97 Å². The molecular weight excluding hydrogens is 180 g/mol. The molecule has 0 aromatic carbocycles. The zero-order valence-electron chi connectivity index (χ0n) is 6.48. The molecule has 1 aromatic heterocycles. The normalized spacial score (nSPS) is 10.1. The van der Waals surface area contributed by atoms with Gasteiger partial charge in [-0.15, -0.1) is 0 Å². The van der Waals surface area contributed by atoms with Gasteiger partial charge in [0.1, 0.15) is 11.6 Å². The highest BCUT2D eigenvalue weighted by atomic mass is 32.1. The zero-order valence-corrected chi connectivity index (χ0v) is 7.30. The van der Waals surface area contributed by atoms with Crippen LogP contribution in [0, 0.1) is 0 Å². The number of hydrogen-bond donors (Lipinski definition) is 1. The van der Waals surface area contributed by atoms with Gasteiger partial charge in [-0.2, -0.15) is 4.37 Å². The maximum Gasteiger partial charge on any atom is 0.310 e. The van der Waals surface area contributed by atoms with Crippen LogP contribution in [0.25, 0.3) is 0 Å². The Labute approximate surface area is 73.2 Å². The molecule has 0 spiro atoms. The molecule has 0 aliphatic rings. The van der Waals surface area contributed by atoms with Gasteiger partial charge in [0.25, 0.3) is 0 Å². The number of methoxy groups -OCH3 is 1. The number of carbonyl (C=O) groups is 1. The lowest BCUT2D eigenvalue weighted by Gasteiger charge is -1.88. The molecule has 0 aliphatic heterocycles. The quantitative estimate of drug-likeness (QED) is 0.736. The zero-order chi connectivity index (χ0) is 8.97. The van der Waals surface area contributed by atoms with E-state index in [1.807, 2.05) is 0 Å². The largest absolute Gasteiger partial charge is 0.481 e. The fraction of sp³-hybridized carbons (Fsp3) is 0.500. The van der Waals surface area contributed by atoms with Crippen LogP contribution in [0.4, 0.5) is 0 Å². The lowest BCUT2D eigenvalue weighted by molar-refractivity contribution is -0.136. The molecule has 1 aromatic rings. The lowest BCUT2D eigenvalue weighted by Crippen LogP contribution is -1.99. The molecule has 0 bridgehead atoms. The summed E-state index contributed by atoms with van der Waals surface area (Å²) >= 11 is 1.10. The Balaban J connectivity index is 2.58. The van der Waals surface area contributed by atoms with Crippen molar-refractivity contribution in [1.82, 2.24) is 9.36 Å². The van der Waals surface area contributed by atoms with E-state index in [4.69, 9.17) is 9.84 Å². The molecule has 0 saturated carbocycles. The number of hydrogen-bond acceptors (Lipinski definition) is 5. The SMILES string of the molecule is COCc1nsc(CC(=O)O)n1. The monoisotopic (exact) mass is 188 g/mol. The smallest absolute Gasteiger partial charge is 0.310 e. The van der Waals surface area contributed by atoms with Crippen LogP contribution in [-0.4, -0.2) is 27.5 Å². The van der Waals surface area contributed by atoms with E-state index in [9.17, 15) is 4.79 Å². The average molecular weight is 188 g/mol. The van der Waals surface area contributed by atoms with E-state index >= 15 is 0 Å². The molecule has 0 aliphatic carbocycles. The van der Waals surface area contributed by atoms with Gasteiger partial charge in [0, 0.05) is 7.11 Å². The first kappa shape index (κ1) is 9.08. The number of rotatable bonds is 4. The average Bonchev–Trinajstić information content (AvgIpc) is 2.36. The number of nitrogens with zero attached hydrogens (tertiary/aromatic N) is 2. The molecule has 6 heteroatoms. The number of aromatic nitrogens is 2. The van der Waals surface area contributed by atoms with Gasteiger partial charge in [0.15, 0.2) is 5.82 Å². The van der Waals surface area contributed by atoms with Gasteiger partial charge < -0.3 is 9.84 Å². The molecule has 0 fully saturated rings. The molecule has 1 N–H and O–H groups in total. The fourth-order valence-electron chi connectivity index (χ4n) is 0.679. The molecule has 0 atom stereocenters. The highest BCUT2D eigenvalue weighted by Gasteiger charge is 2.06. The molecule has 0 unspecified atom stereocenters. The summed E-state index contributed by atoms with van der Waals surface area (Å²) in [4.78, 5) is 14.2. The van der Waals surface area contributed by atoms with Crippen LogP contribution in [0.2, 0.25) is 0 Å². The van der Waals surface area contributed by atoms with Crippen LogP contribution in [-0.2, 0) is 22.6 Å². The lowest BCUT2D eigenvalue weighted by atomic mass is 10.5. The summed E-state index contributed by atoms with van der Waals surface area (Å²) in [6.07, 6.45) is -0.0681. The molecule has 0 saturated heterocycles. The highest BCUT2D eigenvalue weighted by Crippen LogP contribution is 2.05. The van der Waals surface area contributed by atoms with Crippen LogP contribution in [0.1, 0.15) is 10.8 Å². The molecule has 1 rings (SSSR count). The number of aliphatic carboxylic acids is 1. The summed E-state index contributed by atoms with van der Waals surface area (Å²) in [5, 5.41) is 8.92. The molecule has 0 radical (unpaired) electrons. The molecule has 12 heavy (non-hydrogen) atoms. The van der Waals surface area contributed by atoms with Crippen molar-refractivity contribution in [2.24, 2.45) is 0 Å². The van der Waals surface area contributed by atoms with E-state index in [0.717, 1.165) is 11.5 Å². The third-order valence-corrected chi connectivity index (χ3v) is 1.83. The Bertz CT molecular complexity index is 274. The van der Waals surface area contributed by atoms with Crippen LogP contribution in [0.15, 0.2) is 0 Å². The number of carboxylic acid groups (broad SMARTS) is 1. The molecular formula is C6H8N2O3S. The summed E-state index contributed by atoms with van der Waals surface area (Å²) in [5.74, 6) is -0.353. The predicted octanol–water partition coefficient (Wildman–Crippen LogP) is 0.312. The van der Waals surface area contributed by atoms with Gasteiger partial charge in [-0.1, -0.05) is 0 Å². The summed E-state index contributed by atoms with van der Waals surface area (Å²) < 4.78 is 8.68. The molecule has 5 nitrogen and oxygen atoms in total. The van der Waals surface area contributed by atoms with Gasteiger partial charge in [-0.25, -0.2) is 4.98 Å². The van der Waals surface area contributed by atoms with Gasteiger partial charge in [0.05, 0.1) is 6.42 Å². The van der Waals surface area contributed by atoms with Crippen molar-refractivity contribution in [2.45, 2.75) is 13.0 Å². The first-order chi connectivity index (χ1) is 5.72. The maximum atomic E-state index is 10.2. The Morgan fingerprint density at radius 2 is 2.50 bits per heavy atom. The van der Waals surface area contributed by atoms with Gasteiger partial charge >= 0.3 is 5.97 Å². The van der Waals surface area contributed by atoms with Crippen molar-refractivity contribution in [3.05, 3.63) is 10.8 Å². The van der Waals surface area contributed by atoms with Crippen LogP contribution < -0.4 is 0 Å². The van der Waals surface area contributed by atoms with Crippen molar-refractivity contribution in [1.29, 1.82) is 0 Å². The van der Waals surface area contributed by atoms with Crippen molar-refractivity contribution < 1.29 is 14.6 Å². The molecule has 66 valence electrons. The van der Waals surface area contributed by atoms with Gasteiger partial charge in [-0.3, -0.25) is 4.79 Å². The summed E-state index contributed by atoms with van der Waals surface area (Å²) in [5.41, 5.74) is 0. The Morgan fingerprint density at radius 3 is 3.08 bits per heavy atom. The Morgan fingerprint density at radius 1 is 1.75 bits per heavy atom. The standard InChI is InChI=1S/C6H8N2O3S/c1-11-3-4-7-5(12-8-4)2-6(9)10/h2-3H2,1H3,(H,9,10). The van der Waals surface area contributed by atoms with Crippen molar-refractivity contribution >= 4 is 17.5 Å². The van der Waals surface area contributed by atoms with Crippen molar-refractivity contribution in [3.8, 4) is 0 Å². The van der Waals surface area contributed by atoms with Gasteiger partial charge in [-0.05, 0) is 11.5 Å². The maximum absolute atomic E-state index is 10.2. The first-order valence-electron chi connectivity index (χ1n) is 3.24. The van der Waals surface area contributed by atoms with E-state index in [-0.39, 0.29) is 6.42 Å². The third-order valence-electron chi connectivity index (χ3n) is 1.09. The minimum atomic E-state index is -0.893. The second kappa shape index (κ2) is 4.13. The van der Waals surface area contributed by atoms with Gasteiger partial charge in [0.2, 0.25) is 0 Å². The topological polar surface area (TPSA) is 72.3 Å². The minimum absolute atomic E-state index is 0.0681. The van der Waals surface area contributed by atoms with E-state index in [1.54, 1.807) is 0 Å². The second-order valence-electron chi connectivity index (χ2n) is 2.11. The molecule has 0 amide bonds. The predicted molar refractivity (Wildman–Crippen MR) is 42.0 cm³/mol.